The van der Waals surface area contributed by atoms with E-state index in [2.05, 4.69) is 15.6 Å². The van der Waals surface area contributed by atoms with Gasteiger partial charge in [0, 0.05) is 50.2 Å². The van der Waals surface area contributed by atoms with Crippen LogP contribution in [0.15, 0.2) is 36.5 Å². The third-order valence-corrected chi connectivity index (χ3v) is 6.28. The highest BCUT2D eigenvalue weighted by molar-refractivity contribution is 7.87. The maximum absolute atomic E-state index is 13.9. The summed E-state index contributed by atoms with van der Waals surface area (Å²) in [6.07, 6.45) is 1.51. The smallest absolute Gasteiger partial charge is 0.323 e. The summed E-state index contributed by atoms with van der Waals surface area (Å²) in [5.41, 5.74) is 1.51. The number of ether oxygens (including phenoxy) is 1. The van der Waals surface area contributed by atoms with E-state index >= 15 is 0 Å². The van der Waals surface area contributed by atoms with E-state index in [1.165, 1.54) is 27.9 Å². The number of carbonyl (C=O) groups is 1. The van der Waals surface area contributed by atoms with Gasteiger partial charge in [0.1, 0.15) is 18.2 Å². The van der Waals surface area contributed by atoms with Crippen molar-refractivity contribution in [2.45, 2.75) is 6.92 Å². The molecule has 1 fully saturated rings. The van der Waals surface area contributed by atoms with Crippen LogP contribution in [0.1, 0.15) is 5.69 Å². The highest BCUT2D eigenvalue weighted by Gasteiger charge is 2.33. The molecule has 0 atom stereocenters. The van der Waals surface area contributed by atoms with E-state index in [4.69, 9.17) is 4.74 Å². The number of halogens is 1. The first-order valence-electron chi connectivity index (χ1n) is 8.89. The first-order chi connectivity index (χ1) is 13.7. The number of benzene rings is 1. The number of aromatic nitrogens is 1. The van der Waals surface area contributed by atoms with Gasteiger partial charge < -0.3 is 15.4 Å². The molecule has 0 unspecified atom stereocenters. The molecule has 1 saturated heterocycles. The van der Waals surface area contributed by atoms with Crippen LogP contribution in [0.2, 0.25) is 0 Å². The second-order valence-electron chi connectivity index (χ2n) is 6.52. The second kappa shape index (κ2) is 8.72. The molecule has 0 radical (unpaired) electrons. The van der Waals surface area contributed by atoms with Gasteiger partial charge in [-0.15, -0.1) is 0 Å². The zero-order valence-electron chi connectivity index (χ0n) is 16.1. The fourth-order valence-corrected chi connectivity index (χ4v) is 4.05. The molecule has 0 saturated carbocycles. The number of anilines is 2. The number of likely N-dealkylation sites (N-methyl/N-ethyl adjacent to an activating group) is 1. The average Bonchev–Trinajstić information content (AvgIpc) is 2.90. The summed E-state index contributed by atoms with van der Waals surface area (Å²) >= 11 is 0. The summed E-state index contributed by atoms with van der Waals surface area (Å²) in [4.78, 5) is 16.2. The molecule has 0 bridgehead atoms. The summed E-state index contributed by atoms with van der Waals surface area (Å²) in [5, 5.41) is 5.12. The van der Waals surface area contributed by atoms with Gasteiger partial charge >= 0.3 is 6.03 Å². The SMILES string of the molecule is Cc1ccc(NC(=O)Nc2cc(F)cc(OCCN3CCN(C)S3(=O)=O)c2)cn1. The molecule has 1 aliphatic heterocycles. The first-order valence-corrected chi connectivity index (χ1v) is 10.3. The third-order valence-electron chi connectivity index (χ3n) is 4.29. The molecule has 1 aromatic heterocycles. The number of hydrogen-bond donors (Lipinski definition) is 2. The molecule has 2 aromatic rings. The number of carbonyl (C=O) groups excluding carboxylic acids is 1. The lowest BCUT2D eigenvalue weighted by Gasteiger charge is -2.16. The lowest BCUT2D eigenvalue weighted by atomic mass is 10.3. The summed E-state index contributed by atoms with van der Waals surface area (Å²) in [5.74, 6) is -0.411. The molecule has 156 valence electrons. The van der Waals surface area contributed by atoms with E-state index in [9.17, 15) is 17.6 Å². The molecule has 0 spiro atoms. The summed E-state index contributed by atoms with van der Waals surface area (Å²) in [7, 11) is -1.93. The van der Waals surface area contributed by atoms with Crippen molar-refractivity contribution in [2.75, 3.05) is 43.9 Å². The maximum Gasteiger partial charge on any atom is 0.323 e. The van der Waals surface area contributed by atoms with Gasteiger partial charge in [0.2, 0.25) is 0 Å². The normalized spacial score (nSPS) is 16.5. The number of aryl methyl sites for hydroxylation is 1. The predicted octanol–water partition coefficient (Wildman–Crippen LogP) is 2.04. The van der Waals surface area contributed by atoms with Gasteiger partial charge in [0.05, 0.1) is 11.9 Å². The first kappa shape index (κ1) is 21.0. The number of amides is 2. The topological polar surface area (TPSA) is 104 Å². The Hall–Kier alpha value is -2.76. The molecule has 2 amide bonds. The van der Waals surface area contributed by atoms with Crippen LogP contribution in [0, 0.1) is 12.7 Å². The van der Waals surface area contributed by atoms with Crippen LogP contribution in [0.3, 0.4) is 0 Å². The Morgan fingerprint density at radius 3 is 2.62 bits per heavy atom. The Morgan fingerprint density at radius 2 is 1.97 bits per heavy atom. The van der Waals surface area contributed by atoms with E-state index in [0.29, 0.717) is 18.8 Å². The van der Waals surface area contributed by atoms with Crippen LogP contribution in [0.4, 0.5) is 20.6 Å². The molecule has 0 aliphatic carbocycles. The van der Waals surface area contributed by atoms with E-state index in [1.54, 1.807) is 12.1 Å². The lowest BCUT2D eigenvalue weighted by molar-refractivity contribution is 0.262. The molecule has 2 heterocycles. The number of nitrogens with one attached hydrogen (secondary N) is 2. The highest BCUT2D eigenvalue weighted by Crippen LogP contribution is 2.21. The minimum Gasteiger partial charge on any atom is -0.492 e. The fraction of sp³-hybridized carbons (Fsp3) is 0.333. The van der Waals surface area contributed by atoms with Crippen LogP contribution in [-0.4, -0.2) is 61.3 Å². The molecule has 9 nitrogen and oxygen atoms in total. The van der Waals surface area contributed by atoms with E-state index in [-0.39, 0.29) is 24.6 Å². The van der Waals surface area contributed by atoms with Crippen LogP contribution in [-0.2, 0) is 10.2 Å². The van der Waals surface area contributed by atoms with Gasteiger partial charge in [-0.1, -0.05) is 0 Å². The number of rotatable bonds is 6. The molecule has 1 aromatic carbocycles. The molecule has 1 aliphatic rings. The Kier molecular flexibility index (Phi) is 6.30. The van der Waals surface area contributed by atoms with E-state index < -0.39 is 22.1 Å². The predicted molar refractivity (Wildman–Crippen MR) is 107 cm³/mol. The number of urea groups is 1. The third kappa shape index (κ3) is 5.40. The van der Waals surface area contributed by atoms with Crippen molar-refractivity contribution in [3.8, 4) is 5.75 Å². The molecule has 11 heteroatoms. The Bertz CT molecular complexity index is 984. The summed E-state index contributed by atoms with van der Waals surface area (Å²) in [6, 6.07) is 6.67. The monoisotopic (exact) mass is 423 g/mol. The standard InChI is InChI=1S/C18H22FN5O4S/c1-13-3-4-15(12-20-13)21-18(25)22-16-9-14(19)10-17(11-16)28-8-7-24-6-5-23(2)29(24,26)27/h3-4,9-12H,5-8H2,1-2H3,(H2,21,22,25). The van der Waals surface area contributed by atoms with Gasteiger partial charge in [-0.3, -0.25) is 4.98 Å². The van der Waals surface area contributed by atoms with Crippen molar-refractivity contribution in [2.24, 2.45) is 0 Å². The molecule has 2 N–H and O–H groups in total. The van der Waals surface area contributed by atoms with E-state index in [1.807, 2.05) is 6.92 Å². The number of pyridine rings is 1. The lowest BCUT2D eigenvalue weighted by Crippen LogP contribution is -2.33. The molecular formula is C18H22FN5O4S. The van der Waals surface area contributed by atoms with Gasteiger partial charge in [0.15, 0.2) is 0 Å². The summed E-state index contributed by atoms with van der Waals surface area (Å²) < 4.78 is 45.9. The van der Waals surface area contributed by atoms with Gasteiger partial charge in [-0.2, -0.15) is 17.0 Å². The summed E-state index contributed by atoms with van der Waals surface area (Å²) in [6.45, 7) is 2.83. The number of hydrogen-bond acceptors (Lipinski definition) is 5. The quantitative estimate of drug-likeness (QED) is 0.740. The fourth-order valence-electron chi connectivity index (χ4n) is 2.73. The zero-order valence-corrected chi connectivity index (χ0v) is 16.9. The Labute approximate surface area is 168 Å². The number of nitrogens with zero attached hydrogens (tertiary/aromatic N) is 3. The highest BCUT2D eigenvalue weighted by atomic mass is 32.2. The van der Waals surface area contributed by atoms with Crippen LogP contribution < -0.4 is 15.4 Å². The Morgan fingerprint density at radius 1 is 1.21 bits per heavy atom. The minimum atomic E-state index is -3.44. The minimum absolute atomic E-state index is 0.0528. The van der Waals surface area contributed by atoms with Gasteiger partial charge in [-0.25, -0.2) is 9.18 Å². The maximum atomic E-state index is 13.9. The van der Waals surface area contributed by atoms with Crippen molar-refractivity contribution >= 4 is 27.6 Å². The van der Waals surface area contributed by atoms with Crippen molar-refractivity contribution in [3.63, 3.8) is 0 Å². The molecular weight excluding hydrogens is 401 g/mol. The Balaban J connectivity index is 1.56. The zero-order chi connectivity index (χ0) is 21.0. The van der Waals surface area contributed by atoms with Crippen molar-refractivity contribution in [1.82, 2.24) is 13.6 Å². The van der Waals surface area contributed by atoms with Crippen molar-refractivity contribution in [1.29, 1.82) is 0 Å². The molecule has 3 rings (SSSR count). The van der Waals surface area contributed by atoms with E-state index in [0.717, 1.165) is 17.8 Å². The molecule has 29 heavy (non-hydrogen) atoms. The second-order valence-corrected chi connectivity index (χ2v) is 8.56. The largest absolute Gasteiger partial charge is 0.492 e. The van der Waals surface area contributed by atoms with Gasteiger partial charge in [-0.05, 0) is 25.1 Å². The van der Waals surface area contributed by atoms with Crippen molar-refractivity contribution < 1.29 is 22.3 Å². The average molecular weight is 423 g/mol. The van der Waals surface area contributed by atoms with Gasteiger partial charge in [0.25, 0.3) is 10.2 Å². The van der Waals surface area contributed by atoms with Crippen LogP contribution >= 0.6 is 0 Å². The van der Waals surface area contributed by atoms with Crippen LogP contribution in [0.25, 0.3) is 0 Å². The van der Waals surface area contributed by atoms with Crippen molar-refractivity contribution in [3.05, 3.63) is 48.0 Å². The van der Waals surface area contributed by atoms with Crippen LogP contribution in [0.5, 0.6) is 5.75 Å².